The topological polar surface area (TPSA) is 122 Å². The van der Waals surface area contributed by atoms with E-state index in [1.54, 1.807) is 5.32 Å². The minimum absolute atomic E-state index is 0.391. The van der Waals surface area contributed by atoms with E-state index in [4.69, 9.17) is 5.11 Å². The number of carboxylic acids is 1. The van der Waals surface area contributed by atoms with E-state index >= 15 is 0 Å². The molecule has 0 spiro atoms. The zero-order valence-corrected chi connectivity index (χ0v) is 8.35. The molecule has 0 aromatic heterocycles. The minimum atomic E-state index is -1.31. The second kappa shape index (κ2) is 6.98. The lowest BCUT2D eigenvalue weighted by molar-refractivity contribution is -0.139. The molecular formula is C8H10N2O6. The number of aliphatic carboxylic acids is 1. The quantitative estimate of drug-likeness (QED) is 0.404. The standard InChI is InChI=1S/C8H10N2O6/c1-16-7(14)4-9-8(15)10-5(11)2-3-6(12)13/h2-3H,4H2,1H3,(H,12,13)(H2,9,10,11,15)/b3-2+. The Labute approximate surface area is 90.3 Å². The van der Waals surface area contributed by atoms with Crippen molar-refractivity contribution in [3.63, 3.8) is 0 Å². The smallest absolute Gasteiger partial charge is 0.328 e. The summed E-state index contributed by atoms with van der Waals surface area (Å²) >= 11 is 0. The van der Waals surface area contributed by atoms with Crippen LogP contribution in [0, 0.1) is 0 Å². The predicted octanol–water partition coefficient (Wildman–Crippen LogP) is -1.37. The molecule has 0 rings (SSSR count). The van der Waals surface area contributed by atoms with Gasteiger partial charge in [0.05, 0.1) is 7.11 Å². The van der Waals surface area contributed by atoms with Gasteiger partial charge in [-0.1, -0.05) is 0 Å². The van der Waals surface area contributed by atoms with Crippen molar-refractivity contribution in [2.45, 2.75) is 0 Å². The van der Waals surface area contributed by atoms with Crippen LogP contribution < -0.4 is 10.6 Å². The van der Waals surface area contributed by atoms with E-state index in [0.29, 0.717) is 12.2 Å². The molecule has 3 N–H and O–H groups in total. The lowest BCUT2D eigenvalue weighted by atomic mass is 10.5. The first-order valence-corrected chi connectivity index (χ1v) is 4.02. The number of carbonyl (C=O) groups is 4. The molecule has 3 amide bonds. The van der Waals surface area contributed by atoms with Crippen LogP contribution in [0.2, 0.25) is 0 Å². The maximum absolute atomic E-state index is 10.9. The van der Waals surface area contributed by atoms with Crippen LogP contribution in [0.4, 0.5) is 4.79 Å². The first kappa shape index (κ1) is 13.6. The molecule has 0 aliphatic rings. The number of carboxylic acid groups (broad SMARTS) is 1. The third-order valence-corrected chi connectivity index (χ3v) is 1.23. The van der Waals surface area contributed by atoms with Gasteiger partial charge in [0.15, 0.2) is 0 Å². The normalized spacial score (nSPS) is 9.56. The Bertz CT molecular complexity index is 335. The van der Waals surface area contributed by atoms with Gasteiger partial charge in [-0.3, -0.25) is 14.9 Å². The molecule has 0 aliphatic carbocycles. The summed E-state index contributed by atoms with van der Waals surface area (Å²) in [4.78, 5) is 42.3. The predicted molar refractivity (Wildman–Crippen MR) is 50.3 cm³/mol. The Balaban J connectivity index is 3.92. The van der Waals surface area contributed by atoms with Crippen molar-refractivity contribution in [1.29, 1.82) is 0 Å². The number of hydrogen-bond acceptors (Lipinski definition) is 5. The highest BCUT2D eigenvalue weighted by Gasteiger charge is 2.07. The molecule has 16 heavy (non-hydrogen) atoms. The monoisotopic (exact) mass is 230 g/mol. The van der Waals surface area contributed by atoms with E-state index in [2.05, 4.69) is 4.74 Å². The molecule has 0 radical (unpaired) electrons. The lowest BCUT2D eigenvalue weighted by Gasteiger charge is -2.02. The Morgan fingerprint density at radius 3 is 2.38 bits per heavy atom. The highest BCUT2D eigenvalue weighted by molar-refractivity contribution is 6.02. The summed E-state index contributed by atoms with van der Waals surface area (Å²) < 4.78 is 4.23. The van der Waals surface area contributed by atoms with Gasteiger partial charge in [0.1, 0.15) is 6.54 Å². The van der Waals surface area contributed by atoms with E-state index in [1.807, 2.05) is 5.32 Å². The second-order valence-corrected chi connectivity index (χ2v) is 2.42. The molecule has 0 bridgehead atoms. The molecule has 0 saturated carbocycles. The molecule has 0 aliphatic heterocycles. The highest BCUT2D eigenvalue weighted by atomic mass is 16.5. The van der Waals surface area contributed by atoms with Crippen LogP contribution in [-0.4, -0.2) is 42.6 Å². The Morgan fingerprint density at radius 1 is 1.25 bits per heavy atom. The number of amides is 3. The molecule has 0 aromatic carbocycles. The van der Waals surface area contributed by atoms with Crippen LogP contribution in [0.3, 0.4) is 0 Å². The van der Waals surface area contributed by atoms with Crippen molar-refractivity contribution in [2.24, 2.45) is 0 Å². The molecule has 88 valence electrons. The van der Waals surface area contributed by atoms with Gasteiger partial charge in [0.25, 0.3) is 5.91 Å². The third-order valence-electron chi connectivity index (χ3n) is 1.23. The van der Waals surface area contributed by atoms with Crippen LogP contribution in [0.15, 0.2) is 12.2 Å². The number of ether oxygens (including phenoxy) is 1. The average molecular weight is 230 g/mol. The Kier molecular flexibility index (Phi) is 5.95. The number of rotatable bonds is 4. The van der Waals surface area contributed by atoms with Crippen LogP contribution in [-0.2, 0) is 19.1 Å². The van der Waals surface area contributed by atoms with E-state index < -0.39 is 30.4 Å². The SMILES string of the molecule is COC(=O)CNC(=O)NC(=O)/C=C/C(=O)O. The van der Waals surface area contributed by atoms with E-state index in [-0.39, 0.29) is 0 Å². The van der Waals surface area contributed by atoms with Gasteiger partial charge in [0.2, 0.25) is 0 Å². The van der Waals surface area contributed by atoms with E-state index in [9.17, 15) is 19.2 Å². The molecule has 8 nitrogen and oxygen atoms in total. The summed E-state index contributed by atoms with van der Waals surface area (Å²) in [6.45, 7) is -0.391. The van der Waals surface area contributed by atoms with E-state index in [1.165, 1.54) is 0 Å². The summed E-state index contributed by atoms with van der Waals surface area (Å²) in [5.41, 5.74) is 0. The van der Waals surface area contributed by atoms with Gasteiger partial charge in [-0.05, 0) is 0 Å². The fourth-order valence-corrected chi connectivity index (χ4v) is 0.569. The highest BCUT2D eigenvalue weighted by Crippen LogP contribution is 1.76. The fraction of sp³-hybridized carbons (Fsp3) is 0.250. The zero-order valence-electron chi connectivity index (χ0n) is 8.35. The third kappa shape index (κ3) is 7.06. The number of imide groups is 1. The summed E-state index contributed by atoms with van der Waals surface area (Å²) in [7, 11) is 1.14. The van der Waals surface area contributed by atoms with Crippen molar-refractivity contribution < 1.29 is 29.0 Å². The molecule has 0 fully saturated rings. The zero-order chi connectivity index (χ0) is 12.6. The maximum Gasteiger partial charge on any atom is 0.328 e. The van der Waals surface area contributed by atoms with Crippen molar-refractivity contribution in [2.75, 3.05) is 13.7 Å². The number of esters is 1. The van der Waals surface area contributed by atoms with Crippen LogP contribution in [0.1, 0.15) is 0 Å². The lowest BCUT2D eigenvalue weighted by Crippen LogP contribution is -2.41. The van der Waals surface area contributed by atoms with Gasteiger partial charge in [-0.25, -0.2) is 9.59 Å². The summed E-state index contributed by atoms with van der Waals surface area (Å²) in [6.07, 6.45) is 1.24. The first-order valence-electron chi connectivity index (χ1n) is 4.02. The molecule has 0 unspecified atom stereocenters. The number of hydrogen-bond donors (Lipinski definition) is 3. The molecule has 0 heterocycles. The van der Waals surface area contributed by atoms with Crippen molar-refractivity contribution in [3.8, 4) is 0 Å². The minimum Gasteiger partial charge on any atom is -0.478 e. The number of urea groups is 1. The van der Waals surface area contributed by atoms with Crippen LogP contribution in [0.25, 0.3) is 0 Å². The molecular weight excluding hydrogens is 220 g/mol. The molecule has 8 heteroatoms. The van der Waals surface area contributed by atoms with Gasteiger partial charge in [-0.15, -0.1) is 0 Å². The maximum atomic E-state index is 10.9. The Hall–Kier alpha value is -2.38. The van der Waals surface area contributed by atoms with Crippen molar-refractivity contribution >= 4 is 23.9 Å². The van der Waals surface area contributed by atoms with Gasteiger partial charge < -0.3 is 15.2 Å². The molecule has 0 aromatic rings. The molecule has 0 saturated heterocycles. The Morgan fingerprint density at radius 2 is 1.88 bits per heavy atom. The van der Waals surface area contributed by atoms with Crippen molar-refractivity contribution in [3.05, 3.63) is 12.2 Å². The number of methoxy groups -OCH3 is 1. The van der Waals surface area contributed by atoms with Crippen LogP contribution in [0.5, 0.6) is 0 Å². The molecule has 0 atom stereocenters. The van der Waals surface area contributed by atoms with E-state index in [0.717, 1.165) is 7.11 Å². The first-order chi connectivity index (χ1) is 7.45. The van der Waals surface area contributed by atoms with Gasteiger partial charge in [-0.2, -0.15) is 0 Å². The fourth-order valence-electron chi connectivity index (χ4n) is 0.569. The van der Waals surface area contributed by atoms with Gasteiger partial charge in [0, 0.05) is 12.2 Å². The number of nitrogens with one attached hydrogen (secondary N) is 2. The average Bonchev–Trinajstić information content (AvgIpc) is 2.23. The van der Waals surface area contributed by atoms with Crippen LogP contribution >= 0.6 is 0 Å². The van der Waals surface area contributed by atoms with Gasteiger partial charge >= 0.3 is 18.0 Å². The van der Waals surface area contributed by atoms with Crippen molar-refractivity contribution in [1.82, 2.24) is 10.6 Å². The largest absolute Gasteiger partial charge is 0.478 e. The second-order valence-electron chi connectivity index (χ2n) is 2.42. The summed E-state index contributed by atoms with van der Waals surface area (Å²) in [5.74, 6) is -2.90. The summed E-state index contributed by atoms with van der Waals surface area (Å²) in [5, 5.41) is 12.0. The number of carbonyl (C=O) groups excluding carboxylic acids is 3. The summed E-state index contributed by atoms with van der Waals surface area (Å²) in [6, 6.07) is -0.926.